The van der Waals surface area contributed by atoms with Crippen LogP contribution in [0, 0.1) is 6.92 Å². The second kappa shape index (κ2) is 11.3. The molecule has 3 N–H and O–H groups in total. The zero-order chi connectivity index (χ0) is 23.0. The minimum absolute atomic E-state index is 0.00761. The highest BCUT2D eigenvalue weighted by Crippen LogP contribution is 2.31. The Morgan fingerprint density at radius 1 is 1.26 bits per heavy atom. The number of hydrogen-bond acceptors (Lipinski definition) is 4. The Balaban J connectivity index is 0.00000107. The molecular weight excluding hydrogens is 408 g/mol. The van der Waals surface area contributed by atoms with Crippen molar-refractivity contribution in [3.8, 4) is 21.8 Å². The van der Waals surface area contributed by atoms with Crippen LogP contribution in [0.1, 0.15) is 55.7 Å². The number of amides is 1. The second-order valence-corrected chi connectivity index (χ2v) is 8.20. The van der Waals surface area contributed by atoms with Gasteiger partial charge in [-0.1, -0.05) is 45.1 Å². The number of carbonyl (C=O) groups excluding carboxylic acids is 1. The number of aromatic nitrogens is 3. The molecule has 164 valence electrons. The number of carbonyl (C=O) groups is 1. The Morgan fingerprint density at radius 3 is 2.61 bits per heavy atom. The molecule has 0 saturated carbocycles. The smallest absolute Gasteiger partial charge is 0.258 e. The Hall–Kier alpha value is -3.19. The molecular formula is C24H30N4O2S. The van der Waals surface area contributed by atoms with Gasteiger partial charge in [-0.2, -0.15) is 0 Å². The summed E-state index contributed by atoms with van der Waals surface area (Å²) in [6, 6.07) is 1.59. The monoisotopic (exact) mass is 438 g/mol. The summed E-state index contributed by atoms with van der Waals surface area (Å²) in [6.45, 7) is 13.7. The summed E-state index contributed by atoms with van der Waals surface area (Å²) in [5.74, 6) is -0.234. The molecule has 0 unspecified atom stereocenters. The van der Waals surface area contributed by atoms with Crippen LogP contribution in [-0.4, -0.2) is 26.9 Å². The lowest BCUT2D eigenvalue weighted by atomic mass is 10.1. The molecule has 0 bridgehead atoms. The lowest BCUT2D eigenvalue weighted by Gasteiger charge is -2.08. The number of nitrogens with one attached hydrogen (secondary N) is 3. The maximum absolute atomic E-state index is 12.3. The van der Waals surface area contributed by atoms with Crippen molar-refractivity contribution in [2.24, 2.45) is 0 Å². The Labute approximate surface area is 187 Å². The molecule has 1 amide bonds. The first-order valence-corrected chi connectivity index (χ1v) is 11.2. The minimum Gasteiger partial charge on any atom is -0.364 e. The van der Waals surface area contributed by atoms with Crippen LogP contribution in [-0.2, 0) is 0 Å². The molecule has 3 aromatic heterocycles. The van der Waals surface area contributed by atoms with Crippen molar-refractivity contribution in [1.82, 2.24) is 20.3 Å². The molecule has 0 aliphatic rings. The number of allylic oxidation sites excluding steroid dienone is 2. The Kier molecular flexibility index (Phi) is 8.75. The van der Waals surface area contributed by atoms with Crippen LogP contribution in [0.2, 0.25) is 0 Å². The molecule has 31 heavy (non-hydrogen) atoms. The van der Waals surface area contributed by atoms with Crippen LogP contribution in [0.3, 0.4) is 0 Å². The molecule has 3 rings (SSSR count). The molecule has 7 heteroatoms. The second-order valence-electron chi connectivity index (χ2n) is 7.34. The largest absolute Gasteiger partial charge is 0.364 e. The summed E-state index contributed by atoms with van der Waals surface area (Å²) in [4.78, 5) is 35.1. The number of aromatic amines is 2. The fourth-order valence-corrected chi connectivity index (χ4v) is 3.60. The number of aryl methyl sites for hydroxylation is 1. The number of pyridine rings is 1. The van der Waals surface area contributed by atoms with Crippen LogP contribution >= 0.6 is 11.3 Å². The Morgan fingerprint density at radius 2 is 1.97 bits per heavy atom. The predicted molar refractivity (Wildman–Crippen MR) is 130 cm³/mol. The highest BCUT2D eigenvalue weighted by Gasteiger charge is 2.16. The quantitative estimate of drug-likeness (QED) is 0.440. The van der Waals surface area contributed by atoms with E-state index in [4.69, 9.17) is 0 Å². The maximum Gasteiger partial charge on any atom is 0.258 e. The molecule has 3 heterocycles. The average molecular weight is 439 g/mol. The highest BCUT2D eigenvalue weighted by molar-refractivity contribution is 7.13. The van der Waals surface area contributed by atoms with E-state index in [2.05, 4.69) is 40.7 Å². The highest BCUT2D eigenvalue weighted by atomic mass is 32.1. The van der Waals surface area contributed by atoms with E-state index in [0.29, 0.717) is 16.1 Å². The van der Waals surface area contributed by atoms with Crippen LogP contribution in [0.25, 0.3) is 27.9 Å². The van der Waals surface area contributed by atoms with Crippen molar-refractivity contribution < 1.29 is 4.79 Å². The summed E-state index contributed by atoms with van der Waals surface area (Å²) in [5.41, 5.74) is 4.26. The Bertz CT molecular complexity index is 1120. The summed E-state index contributed by atoms with van der Waals surface area (Å²) in [6.07, 6.45) is 10.1. The van der Waals surface area contributed by atoms with Crippen molar-refractivity contribution >= 4 is 23.3 Å². The number of thiazole rings is 1. The van der Waals surface area contributed by atoms with Gasteiger partial charge in [-0.05, 0) is 26.8 Å². The first-order valence-electron chi connectivity index (χ1n) is 10.3. The van der Waals surface area contributed by atoms with Gasteiger partial charge < -0.3 is 15.3 Å². The predicted octanol–water partition coefficient (Wildman–Crippen LogP) is 5.56. The summed E-state index contributed by atoms with van der Waals surface area (Å²) >= 11 is 1.37. The molecule has 3 aromatic rings. The topological polar surface area (TPSA) is 90.6 Å². The number of nitrogens with zero attached hydrogens (tertiary/aromatic N) is 1. The maximum atomic E-state index is 12.3. The van der Waals surface area contributed by atoms with E-state index in [-0.39, 0.29) is 17.5 Å². The van der Waals surface area contributed by atoms with E-state index < -0.39 is 0 Å². The van der Waals surface area contributed by atoms with Crippen molar-refractivity contribution in [3.63, 3.8) is 0 Å². The van der Waals surface area contributed by atoms with E-state index in [0.717, 1.165) is 22.5 Å². The van der Waals surface area contributed by atoms with Crippen LogP contribution in [0.4, 0.5) is 0 Å². The molecule has 0 aromatic carbocycles. The van der Waals surface area contributed by atoms with Crippen molar-refractivity contribution in [2.75, 3.05) is 0 Å². The van der Waals surface area contributed by atoms with Gasteiger partial charge in [-0.25, -0.2) is 4.98 Å². The van der Waals surface area contributed by atoms with E-state index in [9.17, 15) is 9.59 Å². The minimum atomic E-state index is -0.279. The molecule has 6 nitrogen and oxygen atoms in total. The third-order valence-corrected chi connectivity index (χ3v) is 5.00. The third kappa shape index (κ3) is 6.15. The van der Waals surface area contributed by atoms with Gasteiger partial charge in [0, 0.05) is 40.6 Å². The van der Waals surface area contributed by atoms with Gasteiger partial charge in [0.2, 0.25) is 0 Å². The van der Waals surface area contributed by atoms with E-state index in [1.165, 1.54) is 24.0 Å². The van der Waals surface area contributed by atoms with Gasteiger partial charge in [-0.15, -0.1) is 11.3 Å². The van der Waals surface area contributed by atoms with E-state index in [1.807, 2.05) is 44.5 Å². The summed E-state index contributed by atoms with van der Waals surface area (Å²) in [5, 5.41) is 5.29. The van der Waals surface area contributed by atoms with Crippen molar-refractivity contribution in [2.45, 2.75) is 47.1 Å². The number of hydrogen-bond donors (Lipinski definition) is 3. The van der Waals surface area contributed by atoms with Gasteiger partial charge in [0.1, 0.15) is 5.01 Å². The number of rotatable bonds is 6. The first-order chi connectivity index (χ1) is 14.8. The van der Waals surface area contributed by atoms with Crippen molar-refractivity contribution in [3.05, 3.63) is 69.7 Å². The van der Waals surface area contributed by atoms with Crippen molar-refractivity contribution in [1.29, 1.82) is 0 Å². The SMILES string of the molecule is C=C/C=C\c1c(-c2csc(-c3cc(C(=O)NC(C)C)c[nH]c3=O)n2)c[nH]c1C.CCC. The fraction of sp³-hybridized carbons (Fsp3) is 0.292. The first kappa shape index (κ1) is 24.1. The standard InChI is InChI=1S/C21H22N4O2S.C3H8/c1-5-6-7-15-13(4)22-10-17(15)18-11-28-21(25-18)16-8-14(9-23-20(16)27)19(26)24-12(2)3;1-3-2/h5-12,22H,1H2,2-4H3,(H,23,27)(H,24,26);3H2,1-2H3/b7-6-;. The van der Waals surface area contributed by atoms with Gasteiger partial charge in [0.25, 0.3) is 11.5 Å². The lowest BCUT2D eigenvalue weighted by molar-refractivity contribution is 0.0942. The normalized spacial score (nSPS) is 10.8. The van der Waals surface area contributed by atoms with Crippen LogP contribution in [0.5, 0.6) is 0 Å². The molecule has 0 aliphatic carbocycles. The summed E-state index contributed by atoms with van der Waals surface area (Å²) < 4.78 is 0. The van der Waals surface area contributed by atoms with Gasteiger partial charge >= 0.3 is 0 Å². The average Bonchev–Trinajstić information content (AvgIpc) is 3.33. The van der Waals surface area contributed by atoms with E-state index >= 15 is 0 Å². The molecule has 0 radical (unpaired) electrons. The molecule has 0 aliphatic heterocycles. The number of H-pyrrole nitrogens is 2. The molecule has 0 saturated heterocycles. The molecule has 0 spiro atoms. The molecule has 0 fully saturated rings. The van der Waals surface area contributed by atoms with E-state index in [1.54, 1.807) is 12.1 Å². The van der Waals surface area contributed by atoms with Crippen LogP contribution in [0.15, 0.2) is 47.4 Å². The third-order valence-electron chi connectivity index (χ3n) is 4.12. The van der Waals surface area contributed by atoms with Gasteiger partial charge in [0.05, 0.1) is 16.8 Å². The summed E-state index contributed by atoms with van der Waals surface area (Å²) in [7, 11) is 0. The van der Waals surface area contributed by atoms with Gasteiger partial charge in [0.15, 0.2) is 0 Å². The zero-order valence-electron chi connectivity index (χ0n) is 18.7. The van der Waals surface area contributed by atoms with Crippen LogP contribution < -0.4 is 10.9 Å². The fourth-order valence-electron chi connectivity index (χ4n) is 2.77. The zero-order valence-corrected chi connectivity index (χ0v) is 19.5. The molecule has 0 atom stereocenters. The van der Waals surface area contributed by atoms with Gasteiger partial charge in [-0.3, -0.25) is 9.59 Å². The lowest BCUT2D eigenvalue weighted by Crippen LogP contribution is -2.30.